The number of hydrogen-bond acceptors (Lipinski definition) is 3. The van der Waals surface area contributed by atoms with Gasteiger partial charge in [0.1, 0.15) is 0 Å². The predicted octanol–water partition coefficient (Wildman–Crippen LogP) is 4.97. The first-order valence-electron chi connectivity index (χ1n) is 10.0. The number of rotatable bonds is 6. The first-order valence-corrected chi connectivity index (χ1v) is 11.3. The summed E-state index contributed by atoms with van der Waals surface area (Å²) < 4.78 is 0. The Morgan fingerprint density at radius 1 is 1.03 bits per heavy atom. The van der Waals surface area contributed by atoms with E-state index in [2.05, 4.69) is 16.8 Å². The second-order valence-electron chi connectivity index (χ2n) is 7.40. The molecule has 1 atom stereocenters. The summed E-state index contributed by atoms with van der Waals surface area (Å²) in [7, 11) is 0. The van der Waals surface area contributed by atoms with Crippen LogP contribution in [-0.4, -0.2) is 23.3 Å². The number of amides is 2. The fraction of sp³-hybridized carbons (Fsp3) is 0.250. The van der Waals surface area contributed by atoms with E-state index in [9.17, 15) is 9.59 Å². The molecular formula is C24H23ClN2O2S. The molecule has 0 aliphatic carbocycles. The SMILES string of the molecule is O=C(CCC(=O)N1CCc2sccc2C1)NC(c1ccccc1)c1cccc(Cl)c1. The monoisotopic (exact) mass is 438 g/mol. The fourth-order valence-corrected chi connectivity index (χ4v) is 4.85. The van der Waals surface area contributed by atoms with Crippen molar-refractivity contribution in [3.63, 3.8) is 0 Å². The summed E-state index contributed by atoms with van der Waals surface area (Å²) in [6.07, 6.45) is 1.27. The van der Waals surface area contributed by atoms with Crippen LogP contribution in [0.1, 0.15) is 40.5 Å². The standard InChI is InChI=1S/C24H23ClN2O2S/c25-20-8-4-7-18(15-20)24(17-5-2-1-3-6-17)26-22(28)9-10-23(29)27-13-11-21-19(16-27)12-14-30-21/h1-8,12,14-15,24H,9-11,13,16H2,(H,26,28). The molecule has 1 aromatic heterocycles. The minimum absolute atomic E-state index is 0.0287. The molecule has 30 heavy (non-hydrogen) atoms. The van der Waals surface area contributed by atoms with Crippen molar-refractivity contribution in [1.82, 2.24) is 10.2 Å². The van der Waals surface area contributed by atoms with Crippen LogP contribution in [0.3, 0.4) is 0 Å². The summed E-state index contributed by atoms with van der Waals surface area (Å²) in [6, 6.07) is 19.0. The Kier molecular flexibility index (Phi) is 6.50. The van der Waals surface area contributed by atoms with E-state index in [-0.39, 0.29) is 30.7 Å². The summed E-state index contributed by atoms with van der Waals surface area (Å²) in [4.78, 5) is 28.6. The number of thiophene rings is 1. The molecule has 1 aliphatic rings. The average molecular weight is 439 g/mol. The molecule has 0 radical (unpaired) electrons. The van der Waals surface area contributed by atoms with E-state index < -0.39 is 0 Å². The van der Waals surface area contributed by atoms with Crippen LogP contribution < -0.4 is 5.32 Å². The van der Waals surface area contributed by atoms with Gasteiger partial charge in [-0.2, -0.15) is 0 Å². The van der Waals surface area contributed by atoms with Crippen LogP contribution in [-0.2, 0) is 22.6 Å². The van der Waals surface area contributed by atoms with Crippen molar-refractivity contribution in [3.8, 4) is 0 Å². The van der Waals surface area contributed by atoms with Gasteiger partial charge in [-0.05, 0) is 46.7 Å². The number of hydrogen-bond donors (Lipinski definition) is 1. The van der Waals surface area contributed by atoms with Gasteiger partial charge in [-0.1, -0.05) is 54.1 Å². The molecule has 4 nitrogen and oxygen atoms in total. The highest BCUT2D eigenvalue weighted by Crippen LogP contribution is 2.26. The molecule has 1 aliphatic heterocycles. The quantitative estimate of drug-likeness (QED) is 0.590. The predicted molar refractivity (Wildman–Crippen MR) is 121 cm³/mol. The van der Waals surface area contributed by atoms with E-state index in [0.29, 0.717) is 11.6 Å². The first-order chi connectivity index (χ1) is 14.6. The number of carbonyl (C=O) groups excluding carboxylic acids is 2. The van der Waals surface area contributed by atoms with Gasteiger partial charge in [-0.25, -0.2) is 0 Å². The Morgan fingerprint density at radius 2 is 1.83 bits per heavy atom. The van der Waals surface area contributed by atoms with Gasteiger partial charge in [0.05, 0.1) is 6.04 Å². The molecule has 2 amide bonds. The zero-order chi connectivity index (χ0) is 20.9. The zero-order valence-corrected chi connectivity index (χ0v) is 18.1. The Labute approximate surface area is 185 Å². The van der Waals surface area contributed by atoms with E-state index in [1.165, 1.54) is 10.4 Å². The van der Waals surface area contributed by atoms with E-state index in [1.807, 2.05) is 59.5 Å². The molecule has 0 saturated carbocycles. The van der Waals surface area contributed by atoms with Crippen molar-refractivity contribution in [2.45, 2.75) is 31.8 Å². The Bertz CT molecular complexity index is 1030. The summed E-state index contributed by atoms with van der Waals surface area (Å²) >= 11 is 7.92. The highest BCUT2D eigenvalue weighted by Gasteiger charge is 2.23. The Hall–Kier alpha value is -2.63. The normalized spacial score (nSPS) is 14.1. The van der Waals surface area contributed by atoms with Crippen molar-refractivity contribution in [1.29, 1.82) is 0 Å². The lowest BCUT2D eigenvalue weighted by molar-refractivity contribution is -0.134. The molecule has 3 aromatic rings. The second kappa shape index (κ2) is 9.45. The molecule has 0 spiro atoms. The topological polar surface area (TPSA) is 49.4 Å². The zero-order valence-electron chi connectivity index (χ0n) is 16.5. The third-order valence-corrected chi connectivity index (χ3v) is 6.60. The summed E-state index contributed by atoms with van der Waals surface area (Å²) in [6.45, 7) is 1.37. The Balaban J connectivity index is 1.39. The van der Waals surface area contributed by atoms with Crippen molar-refractivity contribution in [2.24, 2.45) is 0 Å². The number of carbonyl (C=O) groups is 2. The lowest BCUT2D eigenvalue weighted by atomic mass is 9.98. The molecule has 2 heterocycles. The van der Waals surface area contributed by atoms with Gasteiger partial charge >= 0.3 is 0 Å². The highest BCUT2D eigenvalue weighted by molar-refractivity contribution is 7.10. The van der Waals surface area contributed by atoms with Gasteiger partial charge in [-0.3, -0.25) is 9.59 Å². The van der Waals surface area contributed by atoms with Crippen LogP contribution in [0.4, 0.5) is 0 Å². The molecule has 154 valence electrons. The molecule has 0 bridgehead atoms. The number of fused-ring (bicyclic) bond motifs is 1. The van der Waals surface area contributed by atoms with Gasteiger partial charge in [-0.15, -0.1) is 11.3 Å². The molecule has 0 fully saturated rings. The second-order valence-corrected chi connectivity index (χ2v) is 8.84. The third kappa shape index (κ3) is 4.91. The molecule has 1 unspecified atom stereocenters. The molecular weight excluding hydrogens is 416 g/mol. The maximum atomic E-state index is 12.7. The first kappa shape index (κ1) is 20.6. The van der Waals surface area contributed by atoms with Crippen LogP contribution in [0.25, 0.3) is 0 Å². The van der Waals surface area contributed by atoms with Gasteiger partial charge in [0.15, 0.2) is 0 Å². The summed E-state index contributed by atoms with van der Waals surface area (Å²) in [5.41, 5.74) is 3.11. The van der Waals surface area contributed by atoms with Crippen LogP contribution in [0.15, 0.2) is 66.0 Å². The number of benzene rings is 2. The Morgan fingerprint density at radius 3 is 2.63 bits per heavy atom. The lowest BCUT2D eigenvalue weighted by Gasteiger charge is -2.27. The molecule has 1 N–H and O–H groups in total. The number of nitrogens with one attached hydrogen (secondary N) is 1. The van der Waals surface area contributed by atoms with Gasteiger partial charge in [0, 0.05) is 35.8 Å². The van der Waals surface area contributed by atoms with E-state index >= 15 is 0 Å². The van der Waals surface area contributed by atoms with Gasteiger partial charge in [0.2, 0.25) is 11.8 Å². The van der Waals surface area contributed by atoms with Crippen LogP contribution in [0, 0.1) is 0 Å². The van der Waals surface area contributed by atoms with E-state index in [0.717, 1.165) is 24.1 Å². The summed E-state index contributed by atoms with van der Waals surface area (Å²) in [5.74, 6) is -0.119. The van der Waals surface area contributed by atoms with Gasteiger partial charge in [0.25, 0.3) is 0 Å². The van der Waals surface area contributed by atoms with Crippen LogP contribution in [0.2, 0.25) is 5.02 Å². The van der Waals surface area contributed by atoms with Crippen molar-refractivity contribution < 1.29 is 9.59 Å². The smallest absolute Gasteiger partial charge is 0.223 e. The van der Waals surface area contributed by atoms with E-state index in [4.69, 9.17) is 11.6 Å². The minimum Gasteiger partial charge on any atom is -0.345 e. The number of nitrogens with zero attached hydrogens (tertiary/aromatic N) is 1. The average Bonchev–Trinajstić information content (AvgIpc) is 3.24. The maximum absolute atomic E-state index is 12.7. The molecule has 0 saturated heterocycles. The van der Waals surface area contributed by atoms with Crippen LogP contribution in [0.5, 0.6) is 0 Å². The highest BCUT2D eigenvalue weighted by atomic mass is 35.5. The third-order valence-electron chi connectivity index (χ3n) is 5.35. The summed E-state index contributed by atoms with van der Waals surface area (Å²) in [5, 5.41) is 5.78. The molecule has 6 heteroatoms. The number of halogens is 1. The largest absolute Gasteiger partial charge is 0.345 e. The van der Waals surface area contributed by atoms with Crippen molar-refractivity contribution >= 4 is 34.8 Å². The van der Waals surface area contributed by atoms with Crippen molar-refractivity contribution in [2.75, 3.05) is 6.54 Å². The molecule has 4 rings (SSSR count). The van der Waals surface area contributed by atoms with Crippen LogP contribution >= 0.6 is 22.9 Å². The lowest BCUT2D eigenvalue weighted by Crippen LogP contribution is -2.36. The minimum atomic E-state index is -0.309. The fourth-order valence-electron chi connectivity index (χ4n) is 3.76. The molecule has 2 aromatic carbocycles. The maximum Gasteiger partial charge on any atom is 0.223 e. The van der Waals surface area contributed by atoms with E-state index in [1.54, 1.807) is 11.3 Å². The van der Waals surface area contributed by atoms with Gasteiger partial charge < -0.3 is 10.2 Å². The van der Waals surface area contributed by atoms with Crippen molar-refractivity contribution in [3.05, 3.63) is 92.6 Å².